The van der Waals surface area contributed by atoms with E-state index in [0.29, 0.717) is 28.1 Å². The van der Waals surface area contributed by atoms with Crippen molar-refractivity contribution >= 4 is 16.7 Å². The van der Waals surface area contributed by atoms with E-state index in [1.807, 2.05) is 0 Å². The summed E-state index contributed by atoms with van der Waals surface area (Å²) < 4.78 is 27.7. The Morgan fingerprint density at radius 3 is 2.58 bits per heavy atom. The van der Waals surface area contributed by atoms with E-state index in [1.165, 1.54) is 12.1 Å². The largest absolute Gasteiger partial charge is 0.373 e. The topological polar surface area (TPSA) is 63.6 Å². The zero-order valence-corrected chi connectivity index (χ0v) is 13.7. The van der Waals surface area contributed by atoms with Gasteiger partial charge in [0.2, 0.25) is 0 Å². The molecule has 0 radical (unpaired) electrons. The number of fused-ring (bicyclic) bond motifs is 1. The molecule has 4 rings (SSSR count). The molecule has 5 nitrogen and oxygen atoms in total. The average Bonchev–Trinajstić information content (AvgIpc) is 2.69. The number of anilines is 1. The van der Waals surface area contributed by atoms with E-state index in [4.69, 9.17) is 0 Å². The Bertz CT molecular complexity index is 1100. The van der Waals surface area contributed by atoms with Crippen molar-refractivity contribution in [1.29, 1.82) is 0 Å². The summed E-state index contributed by atoms with van der Waals surface area (Å²) >= 11 is 0. The standard InChI is InChI=1S/C19H13F2N5/c1-22-19-14-9-11(13-3-2-4-15(20)17(13)21)5-6-16(14)25-18(26-19)12-7-8-23-24-10-12/h2-10H,1H3,(H,22,25,26). The van der Waals surface area contributed by atoms with Gasteiger partial charge in [0.15, 0.2) is 17.5 Å². The average molecular weight is 349 g/mol. The predicted octanol–water partition coefficient (Wildman–Crippen LogP) is 4.07. The number of nitrogens with zero attached hydrogens (tertiary/aromatic N) is 4. The van der Waals surface area contributed by atoms with Crippen molar-refractivity contribution in [1.82, 2.24) is 20.2 Å². The van der Waals surface area contributed by atoms with Crippen LogP contribution in [0.1, 0.15) is 0 Å². The van der Waals surface area contributed by atoms with Crippen LogP contribution in [-0.4, -0.2) is 27.2 Å². The maximum Gasteiger partial charge on any atom is 0.166 e. The lowest BCUT2D eigenvalue weighted by Gasteiger charge is -2.10. The highest BCUT2D eigenvalue weighted by Gasteiger charge is 2.13. The maximum absolute atomic E-state index is 14.1. The predicted molar refractivity (Wildman–Crippen MR) is 95.5 cm³/mol. The van der Waals surface area contributed by atoms with Gasteiger partial charge in [-0.15, -0.1) is 0 Å². The second-order valence-corrected chi connectivity index (χ2v) is 5.61. The van der Waals surface area contributed by atoms with Crippen LogP contribution in [-0.2, 0) is 0 Å². The molecule has 0 fully saturated rings. The van der Waals surface area contributed by atoms with Gasteiger partial charge in [0.1, 0.15) is 5.82 Å². The van der Waals surface area contributed by atoms with Gasteiger partial charge in [-0.05, 0) is 29.8 Å². The van der Waals surface area contributed by atoms with Crippen LogP contribution in [0.4, 0.5) is 14.6 Å². The van der Waals surface area contributed by atoms with E-state index in [9.17, 15) is 8.78 Å². The first kappa shape index (κ1) is 16.0. The molecule has 2 aromatic carbocycles. The molecule has 0 atom stereocenters. The highest BCUT2D eigenvalue weighted by atomic mass is 19.2. The lowest BCUT2D eigenvalue weighted by Crippen LogP contribution is -1.99. The Hall–Kier alpha value is -3.48. The highest BCUT2D eigenvalue weighted by Crippen LogP contribution is 2.31. The van der Waals surface area contributed by atoms with Crippen LogP contribution in [0.5, 0.6) is 0 Å². The molecule has 4 aromatic rings. The first-order chi connectivity index (χ1) is 12.7. The fraction of sp³-hybridized carbons (Fsp3) is 0.0526. The zero-order valence-electron chi connectivity index (χ0n) is 13.7. The molecule has 2 aromatic heterocycles. The van der Waals surface area contributed by atoms with Crippen LogP contribution in [0.3, 0.4) is 0 Å². The van der Waals surface area contributed by atoms with Gasteiger partial charge in [-0.2, -0.15) is 10.2 Å². The molecule has 2 heterocycles. The minimum Gasteiger partial charge on any atom is -0.373 e. The summed E-state index contributed by atoms with van der Waals surface area (Å²) in [7, 11) is 1.74. The molecule has 0 aliphatic heterocycles. The Labute approximate surface area is 147 Å². The second-order valence-electron chi connectivity index (χ2n) is 5.61. The van der Waals surface area contributed by atoms with E-state index in [-0.39, 0.29) is 5.56 Å². The van der Waals surface area contributed by atoms with Gasteiger partial charge in [0.05, 0.1) is 17.9 Å². The number of benzene rings is 2. The van der Waals surface area contributed by atoms with E-state index in [2.05, 4.69) is 25.5 Å². The van der Waals surface area contributed by atoms with Gasteiger partial charge in [-0.25, -0.2) is 18.7 Å². The normalized spacial score (nSPS) is 10.9. The van der Waals surface area contributed by atoms with Crippen LogP contribution >= 0.6 is 0 Å². The molecule has 0 saturated heterocycles. The molecule has 0 amide bonds. The second kappa shape index (κ2) is 6.44. The van der Waals surface area contributed by atoms with E-state index < -0.39 is 11.6 Å². The summed E-state index contributed by atoms with van der Waals surface area (Å²) in [5, 5.41) is 11.3. The van der Waals surface area contributed by atoms with Gasteiger partial charge >= 0.3 is 0 Å². The Balaban J connectivity index is 1.90. The van der Waals surface area contributed by atoms with Crippen molar-refractivity contribution in [3.63, 3.8) is 0 Å². The third-order valence-corrected chi connectivity index (χ3v) is 4.04. The number of hydrogen-bond acceptors (Lipinski definition) is 5. The van der Waals surface area contributed by atoms with E-state index in [0.717, 1.165) is 11.6 Å². The summed E-state index contributed by atoms with van der Waals surface area (Å²) in [4.78, 5) is 9.05. The number of hydrogen-bond donors (Lipinski definition) is 1. The molecule has 0 unspecified atom stereocenters. The molecule has 0 bridgehead atoms. The van der Waals surface area contributed by atoms with Crippen molar-refractivity contribution in [2.24, 2.45) is 0 Å². The molecule has 128 valence electrons. The molecule has 0 saturated carbocycles. The third-order valence-electron chi connectivity index (χ3n) is 4.04. The van der Waals surface area contributed by atoms with Crippen LogP contribution in [0.15, 0.2) is 54.9 Å². The van der Waals surface area contributed by atoms with Gasteiger partial charge < -0.3 is 5.32 Å². The quantitative estimate of drug-likeness (QED) is 0.604. The summed E-state index contributed by atoms with van der Waals surface area (Å²) in [5.41, 5.74) is 2.15. The minimum atomic E-state index is -0.881. The zero-order chi connectivity index (χ0) is 18.1. The first-order valence-corrected chi connectivity index (χ1v) is 7.88. The molecule has 0 aliphatic carbocycles. The summed E-state index contributed by atoms with van der Waals surface area (Å²) in [6, 6.07) is 11.1. The summed E-state index contributed by atoms with van der Waals surface area (Å²) in [6.45, 7) is 0. The highest BCUT2D eigenvalue weighted by molar-refractivity contribution is 5.93. The van der Waals surface area contributed by atoms with E-state index >= 15 is 0 Å². The third kappa shape index (κ3) is 2.73. The number of halogens is 2. The van der Waals surface area contributed by atoms with Crippen LogP contribution < -0.4 is 5.32 Å². The fourth-order valence-electron chi connectivity index (χ4n) is 2.77. The van der Waals surface area contributed by atoms with Crippen molar-refractivity contribution in [3.8, 4) is 22.5 Å². The lowest BCUT2D eigenvalue weighted by molar-refractivity contribution is 0.511. The molecule has 0 spiro atoms. The van der Waals surface area contributed by atoms with Crippen molar-refractivity contribution < 1.29 is 8.78 Å². The number of aromatic nitrogens is 4. The minimum absolute atomic E-state index is 0.191. The molecular formula is C19H13F2N5. The summed E-state index contributed by atoms with van der Waals surface area (Å²) in [5.74, 6) is -0.673. The van der Waals surface area contributed by atoms with Crippen LogP contribution in [0.25, 0.3) is 33.4 Å². The molecule has 0 aliphatic rings. The Morgan fingerprint density at radius 1 is 0.923 bits per heavy atom. The van der Waals surface area contributed by atoms with Crippen LogP contribution in [0.2, 0.25) is 0 Å². The lowest BCUT2D eigenvalue weighted by atomic mass is 10.0. The Kier molecular flexibility index (Phi) is 3.96. The monoisotopic (exact) mass is 349 g/mol. The van der Waals surface area contributed by atoms with Gasteiger partial charge in [-0.1, -0.05) is 18.2 Å². The molecular weight excluding hydrogens is 336 g/mol. The fourth-order valence-corrected chi connectivity index (χ4v) is 2.77. The summed E-state index contributed by atoms with van der Waals surface area (Å²) in [6.07, 6.45) is 3.15. The molecule has 26 heavy (non-hydrogen) atoms. The van der Waals surface area contributed by atoms with Crippen molar-refractivity contribution in [3.05, 3.63) is 66.5 Å². The number of rotatable bonds is 3. The Morgan fingerprint density at radius 2 is 1.81 bits per heavy atom. The molecule has 1 N–H and O–H groups in total. The molecule has 7 heteroatoms. The SMILES string of the molecule is CNc1nc(-c2ccnnc2)nc2ccc(-c3cccc(F)c3F)cc12. The maximum atomic E-state index is 14.1. The van der Waals surface area contributed by atoms with E-state index in [1.54, 1.807) is 43.7 Å². The van der Waals surface area contributed by atoms with Crippen LogP contribution in [0, 0.1) is 11.6 Å². The van der Waals surface area contributed by atoms with Gasteiger partial charge in [-0.3, -0.25) is 0 Å². The number of nitrogens with one attached hydrogen (secondary N) is 1. The van der Waals surface area contributed by atoms with Gasteiger partial charge in [0, 0.05) is 23.6 Å². The first-order valence-electron chi connectivity index (χ1n) is 7.88. The van der Waals surface area contributed by atoms with Gasteiger partial charge in [0.25, 0.3) is 0 Å². The van der Waals surface area contributed by atoms with Crippen molar-refractivity contribution in [2.75, 3.05) is 12.4 Å². The smallest absolute Gasteiger partial charge is 0.166 e. The van der Waals surface area contributed by atoms with Crippen molar-refractivity contribution in [2.45, 2.75) is 0 Å².